The molecule has 5 heteroatoms. The molecule has 0 radical (unpaired) electrons. The van der Waals surface area contributed by atoms with Crippen LogP contribution in [0.1, 0.15) is 36.8 Å². The molecule has 0 spiro atoms. The van der Waals surface area contributed by atoms with E-state index in [-0.39, 0.29) is 6.42 Å². The van der Waals surface area contributed by atoms with Gasteiger partial charge in [-0.15, -0.1) is 0 Å². The minimum Gasteiger partial charge on any atom is -0.379 e. The van der Waals surface area contributed by atoms with Crippen LogP contribution in [-0.2, 0) is 13.1 Å². The largest absolute Gasteiger partial charge is 0.418 e. The molecule has 2 atom stereocenters. The molecule has 2 aromatic carbocycles. The molecular formula is C21H24F3NO. The maximum absolute atomic E-state index is 13.7. The Balaban J connectivity index is 1.92. The lowest BCUT2D eigenvalue weighted by Crippen LogP contribution is -2.61. The fraction of sp³-hybridized carbons (Fsp3) is 0.429. The van der Waals surface area contributed by atoms with Crippen molar-refractivity contribution in [1.29, 1.82) is 0 Å². The number of halogens is 3. The van der Waals surface area contributed by atoms with Crippen molar-refractivity contribution in [2.45, 2.75) is 56.6 Å². The number of rotatable bonds is 5. The van der Waals surface area contributed by atoms with Crippen LogP contribution in [0.4, 0.5) is 13.2 Å². The van der Waals surface area contributed by atoms with Crippen molar-refractivity contribution in [2.24, 2.45) is 0 Å². The van der Waals surface area contributed by atoms with Crippen LogP contribution in [0.25, 0.3) is 0 Å². The standard InChI is InChI=1S/C21H24F3NO/c22-21(23,24)20(26)14-8-7-13-19(20)25(15-17-9-3-1-4-10-17)16-18-11-5-2-6-12-18/h1-6,9-12,19,26H,7-8,13-16H2. The summed E-state index contributed by atoms with van der Waals surface area (Å²) in [5.41, 5.74) is -0.772. The zero-order chi connectivity index (χ0) is 18.6. The summed E-state index contributed by atoms with van der Waals surface area (Å²) in [5, 5.41) is 10.6. The van der Waals surface area contributed by atoms with Crippen LogP contribution in [0, 0.1) is 0 Å². The first-order chi connectivity index (χ1) is 12.4. The van der Waals surface area contributed by atoms with E-state index >= 15 is 0 Å². The number of hydrogen-bond acceptors (Lipinski definition) is 2. The van der Waals surface area contributed by atoms with Gasteiger partial charge in [0.25, 0.3) is 0 Å². The summed E-state index contributed by atoms with van der Waals surface area (Å²) in [6.45, 7) is 0.748. The molecule has 140 valence electrons. The molecule has 0 saturated heterocycles. The van der Waals surface area contributed by atoms with Gasteiger partial charge in [0.05, 0.1) is 0 Å². The normalized spacial score (nSPS) is 24.0. The topological polar surface area (TPSA) is 23.5 Å². The molecular weight excluding hydrogens is 339 g/mol. The monoisotopic (exact) mass is 363 g/mol. The third-order valence-corrected chi connectivity index (χ3v) is 5.23. The van der Waals surface area contributed by atoms with Crippen molar-refractivity contribution in [1.82, 2.24) is 4.90 Å². The summed E-state index contributed by atoms with van der Waals surface area (Å²) < 4.78 is 41.2. The summed E-state index contributed by atoms with van der Waals surface area (Å²) in [7, 11) is 0. The van der Waals surface area contributed by atoms with Gasteiger partial charge in [-0.25, -0.2) is 0 Å². The molecule has 26 heavy (non-hydrogen) atoms. The highest BCUT2D eigenvalue weighted by Gasteiger charge is 2.60. The molecule has 0 heterocycles. The molecule has 0 aromatic heterocycles. The van der Waals surface area contributed by atoms with Gasteiger partial charge in [0.15, 0.2) is 5.60 Å². The van der Waals surface area contributed by atoms with Crippen LogP contribution >= 0.6 is 0 Å². The van der Waals surface area contributed by atoms with Crippen LogP contribution in [-0.4, -0.2) is 27.8 Å². The number of nitrogens with zero attached hydrogens (tertiary/aromatic N) is 1. The number of aliphatic hydroxyl groups is 1. The van der Waals surface area contributed by atoms with E-state index in [9.17, 15) is 18.3 Å². The Morgan fingerprint density at radius 2 is 1.38 bits per heavy atom. The molecule has 2 nitrogen and oxygen atoms in total. The zero-order valence-electron chi connectivity index (χ0n) is 14.6. The van der Waals surface area contributed by atoms with Gasteiger partial charge in [0, 0.05) is 19.1 Å². The van der Waals surface area contributed by atoms with E-state index in [4.69, 9.17) is 0 Å². The third kappa shape index (κ3) is 4.10. The minimum atomic E-state index is -4.64. The third-order valence-electron chi connectivity index (χ3n) is 5.23. The highest BCUT2D eigenvalue weighted by molar-refractivity contribution is 5.18. The second-order valence-electron chi connectivity index (χ2n) is 7.06. The number of benzene rings is 2. The van der Waals surface area contributed by atoms with E-state index in [1.54, 1.807) is 4.90 Å². The lowest BCUT2D eigenvalue weighted by molar-refractivity contribution is -0.291. The lowest BCUT2D eigenvalue weighted by Gasteiger charge is -2.46. The summed E-state index contributed by atoms with van der Waals surface area (Å²) in [4.78, 5) is 1.79. The summed E-state index contributed by atoms with van der Waals surface area (Å²) >= 11 is 0. The zero-order valence-corrected chi connectivity index (χ0v) is 14.6. The first-order valence-corrected chi connectivity index (χ1v) is 9.01. The van der Waals surface area contributed by atoms with Gasteiger partial charge in [-0.05, 0) is 24.0 Å². The van der Waals surface area contributed by atoms with Crippen molar-refractivity contribution in [3.8, 4) is 0 Å². The maximum atomic E-state index is 13.7. The Morgan fingerprint density at radius 3 is 1.85 bits per heavy atom. The summed E-state index contributed by atoms with van der Waals surface area (Å²) in [6, 6.07) is 18.0. The lowest BCUT2D eigenvalue weighted by atomic mass is 9.78. The highest BCUT2D eigenvalue weighted by Crippen LogP contribution is 2.44. The van der Waals surface area contributed by atoms with Gasteiger partial charge >= 0.3 is 6.18 Å². The second-order valence-corrected chi connectivity index (χ2v) is 7.06. The predicted molar refractivity (Wildman–Crippen MR) is 95.4 cm³/mol. The Morgan fingerprint density at radius 1 is 0.885 bits per heavy atom. The molecule has 1 fully saturated rings. The smallest absolute Gasteiger partial charge is 0.379 e. The average Bonchev–Trinajstić information content (AvgIpc) is 2.62. The second kappa shape index (κ2) is 7.80. The van der Waals surface area contributed by atoms with Crippen LogP contribution in [0.2, 0.25) is 0 Å². The van der Waals surface area contributed by atoms with Gasteiger partial charge in [-0.1, -0.05) is 73.5 Å². The first-order valence-electron chi connectivity index (χ1n) is 9.01. The fourth-order valence-electron chi connectivity index (χ4n) is 3.86. The molecule has 1 aliphatic rings. The van der Waals surface area contributed by atoms with E-state index in [0.717, 1.165) is 11.1 Å². The summed E-state index contributed by atoms with van der Waals surface area (Å²) in [5.74, 6) is 0. The first kappa shape index (κ1) is 18.9. The van der Waals surface area contributed by atoms with E-state index < -0.39 is 17.8 Å². The van der Waals surface area contributed by atoms with Gasteiger partial charge in [0.1, 0.15) is 0 Å². The molecule has 3 rings (SSSR count). The molecule has 2 unspecified atom stereocenters. The molecule has 2 aromatic rings. The molecule has 1 saturated carbocycles. The predicted octanol–water partition coefficient (Wildman–Crippen LogP) is 4.92. The molecule has 0 aliphatic heterocycles. The molecule has 1 aliphatic carbocycles. The fourth-order valence-corrected chi connectivity index (χ4v) is 3.86. The van der Waals surface area contributed by atoms with Gasteiger partial charge in [-0.3, -0.25) is 4.90 Å². The Labute approximate surface area is 152 Å². The van der Waals surface area contributed by atoms with E-state index in [1.807, 2.05) is 60.7 Å². The SMILES string of the molecule is OC1(C(F)(F)F)CCCCC1N(Cc1ccccc1)Cc1ccccc1. The van der Waals surface area contributed by atoms with Gasteiger partial charge < -0.3 is 5.11 Å². The quantitative estimate of drug-likeness (QED) is 0.815. The van der Waals surface area contributed by atoms with Crippen LogP contribution in [0.5, 0.6) is 0 Å². The molecule has 0 amide bonds. The summed E-state index contributed by atoms with van der Waals surface area (Å²) in [6.07, 6.45) is -3.43. The van der Waals surface area contributed by atoms with Gasteiger partial charge in [-0.2, -0.15) is 13.2 Å². The minimum absolute atomic E-state index is 0.235. The average molecular weight is 363 g/mol. The van der Waals surface area contributed by atoms with Crippen molar-refractivity contribution in [3.05, 3.63) is 71.8 Å². The van der Waals surface area contributed by atoms with Crippen molar-refractivity contribution in [2.75, 3.05) is 0 Å². The Kier molecular flexibility index (Phi) is 5.68. The van der Waals surface area contributed by atoms with E-state index in [1.165, 1.54) is 0 Å². The molecule has 1 N–H and O–H groups in total. The maximum Gasteiger partial charge on any atom is 0.418 e. The van der Waals surface area contributed by atoms with Crippen molar-refractivity contribution in [3.63, 3.8) is 0 Å². The van der Waals surface area contributed by atoms with Crippen LogP contribution < -0.4 is 0 Å². The Bertz CT molecular complexity index is 648. The van der Waals surface area contributed by atoms with Crippen LogP contribution in [0.15, 0.2) is 60.7 Å². The number of alkyl halides is 3. The molecule has 0 bridgehead atoms. The van der Waals surface area contributed by atoms with Crippen molar-refractivity contribution < 1.29 is 18.3 Å². The number of hydrogen-bond donors (Lipinski definition) is 1. The van der Waals surface area contributed by atoms with Crippen molar-refractivity contribution >= 4 is 0 Å². The highest BCUT2D eigenvalue weighted by atomic mass is 19.4. The van der Waals surface area contributed by atoms with E-state index in [0.29, 0.717) is 32.4 Å². The van der Waals surface area contributed by atoms with E-state index in [2.05, 4.69) is 0 Å². The Hall–Kier alpha value is -1.85. The van der Waals surface area contributed by atoms with Crippen LogP contribution in [0.3, 0.4) is 0 Å². The van der Waals surface area contributed by atoms with Gasteiger partial charge in [0.2, 0.25) is 0 Å².